The first-order valence-corrected chi connectivity index (χ1v) is 7.10. The normalized spacial score (nSPS) is 17.4. The van der Waals surface area contributed by atoms with E-state index in [1.807, 2.05) is 18.2 Å². The Labute approximate surface area is 129 Å². The van der Waals surface area contributed by atoms with E-state index in [-0.39, 0.29) is 5.91 Å². The molecule has 0 spiro atoms. The molecular weight excluding hydrogens is 308 g/mol. The first-order chi connectivity index (χ1) is 10.1. The maximum absolute atomic E-state index is 11.9. The summed E-state index contributed by atoms with van der Waals surface area (Å²) in [6.07, 6.45) is 0. The van der Waals surface area contributed by atoms with E-state index in [0.717, 1.165) is 16.6 Å². The zero-order valence-electron chi connectivity index (χ0n) is 10.5. The Morgan fingerprint density at radius 3 is 2.81 bits per heavy atom. The third kappa shape index (κ3) is 2.01. The van der Waals surface area contributed by atoms with Crippen molar-refractivity contribution in [3.8, 4) is 11.4 Å². The Morgan fingerprint density at radius 2 is 1.95 bits per heavy atom. The van der Waals surface area contributed by atoms with Crippen LogP contribution in [0.2, 0.25) is 0 Å². The van der Waals surface area contributed by atoms with E-state index in [9.17, 15) is 4.79 Å². The van der Waals surface area contributed by atoms with Crippen molar-refractivity contribution >= 4 is 47.6 Å². The van der Waals surface area contributed by atoms with Crippen LogP contribution in [-0.2, 0) is 0 Å². The highest BCUT2D eigenvalue weighted by Crippen LogP contribution is 2.26. The fourth-order valence-electron chi connectivity index (χ4n) is 2.32. The number of carbonyl (C=O) groups is 1. The lowest BCUT2D eigenvalue weighted by Gasteiger charge is -2.19. The Bertz CT molecular complexity index is 923. The van der Waals surface area contributed by atoms with Gasteiger partial charge in [-0.25, -0.2) is 4.98 Å². The monoisotopic (exact) mass is 318 g/mol. The smallest absolute Gasteiger partial charge is 0.273 e. The van der Waals surface area contributed by atoms with E-state index >= 15 is 0 Å². The second kappa shape index (κ2) is 4.37. The number of nitrogens with zero attached hydrogens (tertiary/aromatic N) is 1. The molecule has 0 radical (unpaired) electrons. The molecule has 0 fully saturated rings. The molecule has 1 aromatic carbocycles. The maximum Gasteiger partial charge on any atom is 0.273 e. The molecule has 5 N–H and O–H groups in total. The summed E-state index contributed by atoms with van der Waals surface area (Å²) in [5.41, 5.74) is 2.62. The van der Waals surface area contributed by atoms with Gasteiger partial charge in [-0.3, -0.25) is 4.79 Å². The number of benzene rings is 1. The van der Waals surface area contributed by atoms with E-state index in [1.54, 1.807) is 0 Å². The van der Waals surface area contributed by atoms with Crippen molar-refractivity contribution < 1.29 is 4.79 Å². The van der Waals surface area contributed by atoms with Gasteiger partial charge in [0.2, 0.25) is 0 Å². The number of imidazole rings is 2. The molecule has 3 aromatic rings. The van der Waals surface area contributed by atoms with Crippen LogP contribution in [0.5, 0.6) is 0 Å². The van der Waals surface area contributed by atoms with Crippen molar-refractivity contribution in [2.45, 2.75) is 5.50 Å². The number of rotatable bonds is 1. The summed E-state index contributed by atoms with van der Waals surface area (Å²) < 4.78 is 0.569. The number of aromatic nitrogens is 4. The third-order valence-electron chi connectivity index (χ3n) is 3.26. The van der Waals surface area contributed by atoms with Gasteiger partial charge in [-0.15, -0.1) is 12.6 Å². The van der Waals surface area contributed by atoms with Crippen molar-refractivity contribution in [2.24, 2.45) is 0 Å². The molecule has 3 heterocycles. The molecule has 7 nitrogen and oxygen atoms in total. The number of carbonyl (C=O) groups excluding carboxylic acids is 1. The molecule has 0 saturated heterocycles. The Balaban J connectivity index is 1.83. The van der Waals surface area contributed by atoms with Gasteiger partial charge in [0.15, 0.2) is 10.6 Å². The van der Waals surface area contributed by atoms with Crippen molar-refractivity contribution in [3.05, 3.63) is 28.7 Å². The van der Waals surface area contributed by atoms with Gasteiger partial charge in [0.1, 0.15) is 17.0 Å². The van der Waals surface area contributed by atoms with Gasteiger partial charge >= 0.3 is 0 Å². The summed E-state index contributed by atoms with van der Waals surface area (Å²) in [5, 5.41) is 5.63. The van der Waals surface area contributed by atoms with Crippen LogP contribution in [0.15, 0.2) is 18.2 Å². The van der Waals surface area contributed by atoms with E-state index < -0.39 is 5.50 Å². The average Bonchev–Trinajstić information content (AvgIpc) is 2.99. The highest BCUT2D eigenvalue weighted by Gasteiger charge is 2.25. The number of H-pyrrole nitrogens is 3. The van der Waals surface area contributed by atoms with E-state index in [0.29, 0.717) is 22.1 Å². The molecule has 1 atom stereocenters. The minimum absolute atomic E-state index is 0.232. The van der Waals surface area contributed by atoms with Gasteiger partial charge in [0, 0.05) is 5.56 Å². The second-order valence-electron chi connectivity index (χ2n) is 4.67. The molecule has 106 valence electrons. The van der Waals surface area contributed by atoms with Crippen LogP contribution in [-0.4, -0.2) is 31.3 Å². The molecule has 1 aliphatic rings. The Hall–Kier alpha value is -2.26. The molecule has 1 aliphatic heterocycles. The first-order valence-electron chi connectivity index (χ1n) is 6.18. The zero-order valence-corrected chi connectivity index (χ0v) is 12.2. The number of fused-ring (bicyclic) bond motifs is 2. The number of hydrogen-bond acceptors (Lipinski definition) is 5. The lowest BCUT2D eigenvalue weighted by molar-refractivity contribution is 0.0944. The molecule has 2 aromatic heterocycles. The summed E-state index contributed by atoms with van der Waals surface area (Å²) in [7, 11) is 0. The number of aromatic amines is 3. The van der Waals surface area contributed by atoms with E-state index in [4.69, 9.17) is 12.2 Å². The van der Waals surface area contributed by atoms with Crippen molar-refractivity contribution in [1.82, 2.24) is 25.3 Å². The van der Waals surface area contributed by atoms with Gasteiger partial charge in [0.25, 0.3) is 5.91 Å². The molecule has 21 heavy (non-hydrogen) atoms. The summed E-state index contributed by atoms with van der Waals surface area (Å²) in [6.45, 7) is 0. The van der Waals surface area contributed by atoms with Crippen LogP contribution in [0, 0.1) is 4.77 Å². The highest BCUT2D eigenvalue weighted by molar-refractivity contribution is 7.81. The zero-order chi connectivity index (χ0) is 14.6. The molecular formula is C12H10N6OS2. The van der Waals surface area contributed by atoms with Crippen LogP contribution in [0.4, 0.5) is 5.82 Å². The third-order valence-corrected chi connectivity index (χ3v) is 3.72. The maximum atomic E-state index is 11.9. The average molecular weight is 318 g/mol. The number of anilines is 1. The van der Waals surface area contributed by atoms with Crippen molar-refractivity contribution in [1.29, 1.82) is 0 Å². The van der Waals surface area contributed by atoms with Crippen molar-refractivity contribution in [3.63, 3.8) is 0 Å². The van der Waals surface area contributed by atoms with Gasteiger partial charge in [-0.1, -0.05) is 0 Å². The molecule has 9 heteroatoms. The van der Waals surface area contributed by atoms with E-state index in [2.05, 4.69) is 43.2 Å². The molecule has 0 saturated carbocycles. The lowest BCUT2D eigenvalue weighted by atomic mass is 10.2. The summed E-state index contributed by atoms with van der Waals surface area (Å²) in [5.74, 6) is 0.869. The summed E-state index contributed by atoms with van der Waals surface area (Å²) >= 11 is 9.24. The molecule has 0 bridgehead atoms. The molecule has 1 unspecified atom stereocenters. The fourth-order valence-corrected chi connectivity index (χ4v) is 2.78. The standard InChI is InChI=1S/C12H10N6OS2/c19-10-7-9(17-12(21)18-10)16-8(15-7)4-1-2-5-6(3-4)14-11(20)13-5/h1-3,12,17,21H,(H,15,16)(H,18,19)(H2,13,14,20). The largest absolute Gasteiger partial charge is 0.340 e. The van der Waals surface area contributed by atoms with Gasteiger partial charge in [-0.2, -0.15) is 0 Å². The second-order valence-corrected chi connectivity index (χ2v) is 5.59. The van der Waals surface area contributed by atoms with Gasteiger partial charge in [-0.05, 0) is 30.4 Å². The van der Waals surface area contributed by atoms with Crippen LogP contribution in [0.25, 0.3) is 22.4 Å². The quantitative estimate of drug-likeness (QED) is 0.305. The van der Waals surface area contributed by atoms with Gasteiger partial charge < -0.3 is 25.6 Å². The minimum atomic E-state index is -0.440. The van der Waals surface area contributed by atoms with Crippen LogP contribution in [0.1, 0.15) is 10.5 Å². The summed E-state index contributed by atoms with van der Waals surface area (Å²) in [6, 6.07) is 5.73. The minimum Gasteiger partial charge on any atom is -0.340 e. The van der Waals surface area contributed by atoms with Crippen molar-refractivity contribution in [2.75, 3.05) is 5.32 Å². The SMILES string of the molecule is O=C1NC(S)Nc2nc(-c3ccc4[nH]c(=S)[nH]c4c3)[nH]c21. The Morgan fingerprint density at radius 1 is 1.14 bits per heavy atom. The molecule has 1 amide bonds. The highest BCUT2D eigenvalue weighted by atomic mass is 32.1. The van der Waals surface area contributed by atoms with Crippen LogP contribution in [0.3, 0.4) is 0 Å². The van der Waals surface area contributed by atoms with E-state index in [1.165, 1.54) is 0 Å². The number of nitrogens with one attached hydrogen (secondary N) is 5. The number of hydrogen-bond donors (Lipinski definition) is 6. The molecule has 4 rings (SSSR count). The lowest BCUT2D eigenvalue weighted by Crippen LogP contribution is -2.41. The predicted molar refractivity (Wildman–Crippen MR) is 84.9 cm³/mol. The number of amides is 1. The van der Waals surface area contributed by atoms with Crippen LogP contribution >= 0.6 is 24.8 Å². The topological polar surface area (TPSA) is 101 Å². The fraction of sp³-hybridized carbons (Fsp3) is 0.0833. The summed E-state index contributed by atoms with van der Waals surface area (Å²) in [4.78, 5) is 25.4. The van der Waals surface area contributed by atoms with Crippen LogP contribution < -0.4 is 10.6 Å². The Kier molecular flexibility index (Phi) is 2.59. The number of thiol groups is 1. The first kappa shape index (κ1) is 12.5. The predicted octanol–water partition coefficient (Wildman–Crippen LogP) is 1.98. The van der Waals surface area contributed by atoms with Gasteiger partial charge in [0.05, 0.1) is 11.0 Å². The molecule has 0 aliphatic carbocycles.